The number of halogens is 4. The molecule has 3 aromatic carbocycles. The van der Waals surface area contributed by atoms with E-state index in [1.807, 2.05) is 13.0 Å². The summed E-state index contributed by atoms with van der Waals surface area (Å²) in [5.41, 5.74) is 1.46. The van der Waals surface area contributed by atoms with Gasteiger partial charge in [-0.15, -0.1) is 0 Å². The van der Waals surface area contributed by atoms with Crippen LogP contribution in [0.25, 0.3) is 10.8 Å². The molecule has 3 nitrogen and oxygen atoms in total. The van der Waals surface area contributed by atoms with Crippen molar-refractivity contribution in [2.45, 2.75) is 32.2 Å². The molecule has 1 aliphatic heterocycles. The first-order valence-electron chi connectivity index (χ1n) is 10.2. The molecule has 1 heterocycles. The summed E-state index contributed by atoms with van der Waals surface area (Å²) in [6.07, 6.45) is -0.224. The highest BCUT2D eigenvalue weighted by atomic mass is 19.2. The third kappa shape index (κ3) is 4.74. The first-order chi connectivity index (χ1) is 15.0. The fraction of sp³-hybridized carbons (Fsp3) is 0.333. The normalized spacial score (nSPS) is 19.1. The van der Waals surface area contributed by atoms with Gasteiger partial charge in [-0.2, -0.15) is 0 Å². The Morgan fingerprint density at radius 1 is 0.871 bits per heavy atom. The summed E-state index contributed by atoms with van der Waals surface area (Å²) >= 11 is 0. The fourth-order valence-electron chi connectivity index (χ4n) is 3.74. The smallest absolute Gasteiger partial charge is 0.194 e. The molecule has 1 aliphatic rings. The number of hydrogen-bond donors (Lipinski definition) is 0. The summed E-state index contributed by atoms with van der Waals surface area (Å²) in [5.74, 6) is -4.40. The van der Waals surface area contributed by atoms with Gasteiger partial charge in [0.05, 0.1) is 13.2 Å². The van der Waals surface area contributed by atoms with Crippen molar-refractivity contribution in [2.24, 2.45) is 0 Å². The van der Waals surface area contributed by atoms with E-state index in [0.29, 0.717) is 36.2 Å². The van der Waals surface area contributed by atoms with Gasteiger partial charge in [0.2, 0.25) is 0 Å². The molecule has 0 aromatic heterocycles. The van der Waals surface area contributed by atoms with Crippen molar-refractivity contribution in [3.63, 3.8) is 0 Å². The van der Waals surface area contributed by atoms with Gasteiger partial charge in [0.1, 0.15) is 11.9 Å². The first kappa shape index (κ1) is 21.7. The van der Waals surface area contributed by atoms with Crippen LogP contribution in [0.1, 0.15) is 29.9 Å². The van der Waals surface area contributed by atoms with Crippen molar-refractivity contribution in [1.82, 2.24) is 0 Å². The van der Waals surface area contributed by atoms with E-state index in [4.69, 9.17) is 14.2 Å². The summed E-state index contributed by atoms with van der Waals surface area (Å²) in [7, 11) is 0. The van der Waals surface area contributed by atoms with E-state index in [1.165, 1.54) is 0 Å². The van der Waals surface area contributed by atoms with Crippen LogP contribution in [0.3, 0.4) is 0 Å². The Hall–Kier alpha value is -2.48. The number of hydrogen-bond acceptors (Lipinski definition) is 3. The quantitative estimate of drug-likeness (QED) is 0.372. The molecule has 1 fully saturated rings. The van der Waals surface area contributed by atoms with E-state index in [1.54, 1.807) is 24.3 Å². The second-order valence-electron chi connectivity index (χ2n) is 7.47. The van der Waals surface area contributed by atoms with Crippen molar-refractivity contribution in [1.29, 1.82) is 0 Å². The van der Waals surface area contributed by atoms with Gasteiger partial charge in [-0.05, 0) is 54.5 Å². The minimum Gasteiger partial charge on any atom is -0.374 e. The van der Waals surface area contributed by atoms with E-state index >= 15 is 4.39 Å². The SMILES string of the molecule is CCOC1COC(c2ccc3c(F)c(CCc4cc(F)c(F)c(F)c4)ccc3c2)OC1. The zero-order valence-electron chi connectivity index (χ0n) is 17.0. The monoisotopic (exact) mass is 434 g/mol. The number of aryl methyl sites for hydroxylation is 2. The molecule has 0 atom stereocenters. The van der Waals surface area contributed by atoms with Crippen molar-refractivity contribution in [3.05, 3.63) is 82.4 Å². The Morgan fingerprint density at radius 3 is 2.26 bits per heavy atom. The zero-order chi connectivity index (χ0) is 22.0. The second kappa shape index (κ2) is 9.34. The third-order valence-electron chi connectivity index (χ3n) is 5.33. The number of fused-ring (bicyclic) bond motifs is 1. The molecule has 3 aromatic rings. The third-order valence-corrected chi connectivity index (χ3v) is 5.33. The van der Waals surface area contributed by atoms with Gasteiger partial charge >= 0.3 is 0 Å². The highest BCUT2D eigenvalue weighted by Gasteiger charge is 2.24. The molecule has 0 amide bonds. The molecular formula is C24H22F4O3. The molecule has 0 aliphatic carbocycles. The summed E-state index contributed by atoms with van der Waals surface area (Å²) in [4.78, 5) is 0. The average Bonchev–Trinajstić information content (AvgIpc) is 2.77. The molecule has 7 heteroatoms. The van der Waals surface area contributed by atoms with Crippen LogP contribution in [0, 0.1) is 23.3 Å². The molecule has 0 saturated carbocycles. The highest BCUT2D eigenvalue weighted by Crippen LogP contribution is 2.29. The Bertz CT molecular complexity index is 1050. The second-order valence-corrected chi connectivity index (χ2v) is 7.47. The lowest BCUT2D eigenvalue weighted by atomic mass is 9.98. The van der Waals surface area contributed by atoms with Crippen molar-refractivity contribution in [3.8, 4) is 0 Å². The lowest BCUT2D eigenvalue weighted by Gasteiger charge is -2.29. The van der Waals surface area contributed by atoms with Gasteiger partial charge in [-0.25, -0.2) is 17.6 Å². The van der Waals surface area contributed by atoms with E-state index in [-0.39, 0.29) is 24.5 Å². The summed E-state index contributed by atoms with van der Waals surface area (Å²) in [5, 5.41) is 1.12. The van der Waals surface area contributed by atoms with Gasteiger partial charge in [0, 0.05) is 17.6 Å². The van der Waals surface area contributed by atoms with Gasteiger partial charge in [0.15, 0.2) is 23.7 Å². The number of rotatable bonds is 6. The molecule has 0 N–H and O–H groups in total. The van der Waals surface area contributed by atoms with Crippen LogP contribution in [0.4, 0.5) is 17.6 Å². The van der Waals surface area contributed by atoms with Crippen LogP contribution in [0.2, 0.25) is 0 Å². The fourth-order valence-corrected chi connectivity index (χ4v) is 3.74. The predicted octanol–water partition coefficient (Wildman–Crippen LogP) is 5.63. The molecule has 31 heavy (non-hydrogen) atoms. The molecule has 164 valence electrons. The van der Waals surface area contributed by atoms with E-state index in [0.717, 1.165) is 17.7 Å². The lowest BCUT2D eigenvalue weighted by Crippen LogP contribution is -2.33. The number of benzene rings is 3. The van der Waals surface area contributed by atoms with Crippen LogP contribution in [-0.2, 0) is 27.1 Å². The van der Waals surface area contributed by atoms with Crippen LogP contribution in [0.15, 0.2) is 42.5 Å². The molecule has 0 bridgehead atoms. The lowest BCUT2D eigenvalue weighted by molar-refractivity contribution is -0.229. The Kier molecular flexibility index (Phi) is 6.55. The van der Waals surface area contributed by atoms with Crippen LogP contribution in [0.5, 0.6) is 0 Å². The highest BCUT2D eigenvalue weighted by molar-refractivity contribution is 5.84. The minimum absolute atomic E-state index is 0.0928. The molecule has 1 saturated heterocycles. The maximum absolute atomic E-state index is 15.0. The van der Waals surface area contributed by atoms with Gasteiger partial charge in [0.25, 0.3) is 0 Å². The van der Waals surface area contributed by atoms with Crippen LogP contribution in [-0.4, -0.2) is 25.9 Å². The molecule has 4 rings (SSSR count). The van der Waals surface area contributed by atoms with Crippen molar-refractivity contribution < 1.29 is 31.8 Å². The van der Waals surface area contributed by atoms with Crippen molar-refractivity contribution >= 4 is 10.8 Å². The average molecular weight is 434 g/mol. The summed E-state index contributed by atoms with van der Waals surface area (Å²) < 4.78 is 71.8. The largest absolute Gasteiger partial charge is 0.374 e. The van der Waals surface area contributed by atoms with Crippen molar-refractivity contribution in [2.75, 3.05) is 19.8 Å². The van der Waals surface area contributed by atoms with E-state index in [9.17, 15) is 13.2 Å². The maximum Gasteiger partial charge on any atom is 0.194 e. The van der Waals surface area contributed by atoms with E-state index < -0.39 is 29.6 Å². The first-order valence-corrected chi connectivity index (χ1v) is 10.2. The van der Waals surface area contributed by atoms with Gasteiger partial charge < -0.3 is 14.2 Å². The molecular weight excluding hydrogens is 412 g/mol. The van der Waals surface area contributed by atoms with Gasteiger partial charge in [-0.3, -0.25) is 0 Å². The Balaban J connectivity index is 1.49. The summed E-state index contributed by atoms with van der Waals surface area (Å²) in [6.45, 7) is 3.35. The Morgan fingerprint density at radius 2 is 1.58 bits per heavy atom. The number of ether oxygens (including phenoxy) is 3. The molecule has 0 radical (unpaired) electrons. The summed E-state index contributed by atoms with van der Waals surface area (Å²) in [6, 6.07) is 10.5. The van der Waals surface area contributed by atoms with Crippen LogP contribution < -0.4 is 0 Å². The van der Waals surface area contributed by atoms with Crippen LogP contribution >= 0.6 is 0 Å². The maximum atomic E-state index is 15.0. The standard InChI is InChI=1S/C24H22F4O3/c1-2-29-18-12-30-24(31-13-18)17-7-8-19-16(11-17)6-5-15(22(19)27)4-3-14-9-20(25)23(28)21(26)10-14/h5-11,18,24H,2-4,12-13H2,1H3. The molecule has 0 unspecified atom stereocenters. The zero-order valence-corrected chi connectivity index (χ0v) is 17.0. The molecule has 0 spiro atoms. The Labute approximate surface area is 177 Å². The minimum atomic E-state index is -1.50. The topological polar surface area (TPSA) is 27.7 Å². The van der Waals surface area contributed by atoms with E-state index in [2.05, 4.69) is 0 Å². The predicted molar refractivity (Wildman–Crippen MR) is 108 cm³/mol. The van der Waals surface area contributed by atoms with Gasteiger partial charge in [-0.1, -0.05) is 24.3 Å².